The number of nitrogens with one attached hydrogen (secondary N) is 1. The van der Waals surface area contributed by atoms with Crippen LogP contribution in [0.4, 0.5) is 0 Å². The van der Waals surface area contributed by atoms with Gasteiger partial charge in [0.25, 0.3) is 0 Å². The monoisotopic (exact) mass is 277 g/mol. The number of hydrogen-bond donors (Lipinski definition) is 1. The third-order valence-electron chi connectivity index (χ3n) is 2.79. The first-order chi connectivity index (χ1) is 7.95. The largest absolute Gasteiger partial charge is 0.281 e. The highest BCUT2D eigenvalue weighted by Crippen LogP contribution is 2.20. The Hall–Kier alpha value is -0.530. The molecule has 1 aromatic heterocycles. The number of aryl methyl sites for hydroxylation is 1. The van der Waals surface area contributed by atoms with Gasteiger partial charge in [0, 0.05) is 18.8 Å². The quantitative estimate of drug-likeness (QED) is 0.855. The third-order valence-corrected chi connectivity index (χ3v) is 5.53. The van der Waals surface area contributed by atoms with Crippen LogP contribution in [-0.2, 0) is 10.0 Å². The predicted molar refractivity (Wildman–Crippen MR) is 70.7 cm³/mol. The van der Waals surface area contributed by atoms with Gasteiger partial charge in [-0.15, -0.1) is 0 Å². The van der Waals surface area contributed by atoms with Crippen molar-refractivity contribution in [1.29, 1.82) is 0 Å². The van der Waals surface area contributed by atoms with Crippen LogP contribution in [0.25, 0.3) is 0 Å². The van der Waals surface area contributed by atoms with E-state index in [0.29, 0.717) is 5.69 Å². The van der Waals surface area contributed by atoms with Crippen LogP contribution >= 0.6 is 11.8 Å². The van der Waals surface area contributed by atoms with E-state index < -0.39 is 10.0 Å². The molecule has 1 rings (SSSR count). The summed E-state index contributed by atoms with van der Waals surface area (Å²) in [6.45, 7) is 3.71. The van der Waals surface area contributed by atoms with Gasteiger partial charge in [-0.3, -0.25) is 5.10 Å². The zero-order valence-corrected chi connectivity index (χ0v) is 12.2. The Bertz CT molecular complexity index is 456. The summed E-state index contributed by atoms with van der Waals surface area (Å²) in [5.41, 5.74) is 0.579. The maximum Gasteiger partial charge on any atom is 0.246 e. The molecule has 1 heterocycles. The highest BCUT2D eigenvalue weighted by molar-refractivity contribution is 7.98. The van der Waals surface area contributed by atoms with Crippen LogP contribution < -0.4 is 0 Å². The van der Waals surface area contributed by atoms with E-state index in [1.165, 1.54) is 10.5 Å². The summed E-state index contributed by atoms with van der Waals surface area (Å²) in [6.07, 6.45) is 4.15. The minimum atomic E-state index is -3.43. The van der Waals surface area contributed by atoms with Crippen molar-refractivity contribution in [1.82, 2.24) is 14.5 Å². The van der Waals surface area contributed by atoms with Gasteiger partial charge in [0.1, 0.15) is 4.90 Å². The van der Waals surface area contributed by atoms with Gasteiger partial charge in [0.15, 0.2) is 0 Å². The Labute approximate surface area is 107 Å². The van der Waals surface area contributed by atoms with E-state index in [1.54, 1.807) is 25.7 Å². The maximum absolute atomic E-state index is 12.3. The standard InChI is InChI=1S/C10H19N3O2S2/c1-5-9(7-16-4)13(3)17(14,15)10-6-11-12-8(10)2/h6,9H,5,7H2,1-4H3,(H,11,12). The van der Waals surface area contributed by atoms with E-state index in [-0.39, 0.29) is 10.9 Å². The third kappa shape index (κ3) is 3.02. The molecular formula is C10H19N3O2S2. The average Bonchev–Trinajstić information content (AvgIpc) is 2.72. The fraction of sp³-hybridized carbons (Fsp3) is 0.700. The second-order valence-corrected chi connectivity index (χ2v) is 6.77. The Morgan fingerprint density at radius 2 is 2.24 bits per heavy atom. The summed E-state index contributed by atoms with van der Waals surface area (Å²) in [6, 6.07) is 0.0179. The highest BCUT2D eigenvalue weighted by atomic mass is 32.2. The number of nitrogens with zero attached hydrogens (tertiary/aromatic N) is 2. The van der Waals surface area contributed by atoms with Gasteiger partial charge in [0.2, 0.25) is 10.0 Å². The van der Waals surface area contributed by atoms with Gasteiger partial charge in [-0.05, 0) is 19.6 Å². The first-order valence-corrected chi connectivity index (χ1v) is 8.25. The molecule has 5 nitrogen and oxygen atoms in total. The lowest BCUT2D eigenvalue weighted by Crippen LogP contribution is -2.38. The first kappa shape index (κ1) is 14.5. The zero-order valence-electron chi connectivity index (χ0n) is 10.6. The summed E-state index contributed by atoms with van der Waals surface area (Å²) >= 11 is 1.65. The summed E-state index contributed by atoms with van der Waals surface area (Å²) in [5, 5.41) is 6.42. The topological polar surface area (TPSA) is 66.1 Å². The van der Waals surface area contributed by atoms with Gasteiger partial charge >= 0.3 is 0 Å². The van der Waals surface area contributed by atoms with Crippen molar-refractivity contribution in [3.63, 3.8) is 0 Å². The minimum Gasteiger partial charge on any atom is -0.281 e. The number of aromatic amines is 1. The Morgan fingerprint density at radius 1 is 1.59 bits per heavy atom. The summed E-state index contributed by atoms with van der Waals surface area (Å²) < 4.78 is 26.1. The summed E-state index contributed by atoms with van der Waals surface area (Å²) in [5.74, 6) is 0.795. The summed E-state index contributed by atoms with van der Waals surface area (Å²) in [7, 11) is -1.80. The number of thioether (sulfide) groups is 1. The molecule has 7 heteroatoms. The van der Waals surface area contributed by atoms with E-state index in [4.69, 9.17) is 0 Å². The lowest BCUT2D eigenvalue weighted by atomic mass is 10.3. The molecule has 0 aliphatic carbocycles. The normalized spacial score (nSPS) is 14.2. The fourth-order valence-corrected chi connectivity index (χ4v) is 4.11. The molecule has 0 aliphatic heterocycles. The molecule has 0 fully saturated rings. The van der Waals surface area contributed by atoms with Gasteiger partial charge in [-0.1, -0.05) is 6.92 Å². The van der Waals surface area contributed by atoms with E-state index >= 15 is 0 Å². The molecule has 1 N–H and O–H groups in total. The Kier molecular flexibility index (Phi) is 5.03. The Balaban J connectivity index is 3.02. The first-order valence-electron chi connectivity index (χ1n) is 5.42. The number of sulfonamides is 1. The van der Waals surface area contributed by atoms with Crippen LogP contribution in [0, 0.1) is 6.92 Å². The molecule has 0 aliphatic rings. The lowest BCUT2D eigenvalue weighted by molar-refractivity contribution is 0.385. The fourth-order valence-electron chi connectivity index (χ4n) is 1.62. The van der Waals surface area contributed by atoms with Gasteiger partial charge in [-0.2, -0.15) is 21.2 Å². The second kappa shape index (κ2) is 5.88. The van der Waals surface area contributed by atoms with Crippen molar-refractivity contribution in [2.24, 2.45) is 0 Å². The van der Waals surface area contributed by atoms with Crippen LogP contribution in [0.3, 0.4) is 0 Å². The molecule has 1 atom stereocenters. The van der Waals surface area contributed by atoms with Crippen molar-refractivity contribution in [3.05, 3.63) is 11.9 Å². The van der Waals surface area contributed by atoms with E-state index in [9.17, 15) is 8.42 Å². The van der Waals surface area contributed by atoms with Gasteiger partial charge in [-0.25, -0.2) is 8.42 Å². The SMILES string of the molecule is CCC(CSC)N(C)S(=O)(=O)c1cn[nH]c1C. The molecule has 0 saturated heterocycles. The second-order valence-electron chi connectivity index (χ2n) is 3.90. The predicted octanol–water partition coefficient (Wildman–Crippen LogP) is 1.48. The van der Waals surface area contributed by atoms with Crippen LogP contribution in [0.5, 0.6) is 0 Å². The molecule has 17 heavy (non-hydrogen) atoms. The van der Waals surface area contributed by atoms with Crippen molar-refractivity contribution >= 4 is 21.8 Å². The molecule has 98 valence electrons. The average molecular weight is 277 g/mol. The van der Waals surface area contributed by atoms with Crippen LogP contribution in [-0.4, -0.2) is 48.0 Å². The van der Waals surface area contributed by atoms with Crippen molar-refractivity contribution < 1.29 is 8.42 Å². The van der Waals surface area contributed by atoms with Crippen LogP contribution in [0.15, 0.2) is 11.1 Å². The number of rotatable bonds is 6. The number of hydrogen-bond acceptors (Lipinski definition) is 4. The zero-order chi connectivity index (χ0) is 13.1. The van der Waals surface area contributed by atoms with Gasteiger partial charge in [0.05, 0.1) is 11.9 Å². The van der Waals surface area contributed by atoms with E-state index in [2.05, 4.69) is 10.2 Å². The Morgan fingerprint density at radius 3 is 2.65 bits per heavy atom. The molecule has 0 aromatic carbocycles. The van der Waals surface area contributed by atoms with Crippen molar-refractivity contribution in [2.75, 3.05) is 19.1 Å². The molecule has 0 spiro atoms. The number of H-pyrrole nitrogens is 1. The molecule has 1 aromatic rings. The van der Waals surface area contributed by atoms with Gasteiger partial charge < -0.3 is 0 Å². The molecule has 0 radical (unpaired) electrons. The highest BCUT2D eigenvalue weighted by Gasteiger charge is 2.28. The van der Waals surface area contributed by atoms with Crippen LogP contribution in [0.2, 0.25) is 0 Å². The van der Waals surface area contributed by atoms with Crippen LogP contribution in [0.1, 0.15) is 19.0 Å². The maximum atomic E-state index is 12.3. The van der Waals surface area contributed by atoms with E-state index in [1.807, 2.05) is 13.2 Å². The molecule has 0 bridgehead atoms. The van der Waals surface area contributed by atoms with Crippen molar-refractivity contribution in [3.8, 4) is 0 Å². The van der Waals surface area contributed by atoms with E-state index in [0.717, 1.165) is 12.2 Å². The lowest BCUT2D eigenvalue weighted by Gasteiger charge is -2.25. The molecule has 0 saturated carbocycles. The molecular weight excluding hydrogens is 258 g/mol. The minimum absolute atomic E-state index is 0.0179. The summed E-state index contributed by atoms with van der Waals surface area (Å²) in [4.78, 5) is 0.263. The molecule has 1 unspecified atom stereocenters. The molecule has 0 amide bonds. The van der Waals surface area contributed by atoms with Crippen molar-refractivity contribution in [2.45, 2.75) is 31.2 Å². The smallest absolute Gasteiger partial charge is 0.246 e. The number of aromatic nitrogens is 2.